The summed E-state index contributed by atoms with van der Waals surface area (Å²) in [5, 5.41) is 0. The molecule has 0 aromatic rings. The topological polar surface area (TPSA) is 17.1 Å². The summed E-state index contributed by atoms with van der Waals surface area (Å²) in [6, 6.07) is 0. The first-order valence-corrected chi connectivity index (χ1v) is 1.11. The van der Waals surface area contributed by atoms with Gasteiger partial charge in [0, 0.05) is 0 Å². The molecule has 4 heteroatoms. The summed E-state index contributed by atoms with van der Waals surface area (Å²) >= 11 is 0.750. The van der Waals surface area contributed by atoms with Gasteiger partial charge in [-0.1, -0.05) is 0 Å². The van der Waals surface area contributed by atoms with Crippen LogP contribution in [0, 0.1) is 0 Å². The predicted octanol–water partition coefficient (Wildman–Crippen LogP) is -6.11. The third-order valence-electron chi connectivity index (χ3n) is 0. The van der Waals surface area contributed by atoms with E-state index in [9.17, 15) is 0 Å². The molecule has 0 aromatic carbocycles. The summed E-state index contributed by atoms with van der Waals surface area (Å²) in [6.45, 7) is 0. The van der Waals surface area contributed by atoms with Crippen molar-refractivity contribution in [2.75, 3.05) is 0 Å². The summed E-state index contributed by atoms with van der Waals surface area (Å²) in [4.78, 5) is 0. The Bertz CT molecular complexity index is 8.00. The molecular formula is ClIrNaO. The summed E-state index contributed by atoms with van der Waals surface area (Å²) in [7, 11) is 0. The van der Waals surface area contributed by atoms with E-state index in [1.807, 2.05) is 0 Å². The van der Waals surface area contributed by atoms with Crippen molar-refractivity contribution in [1.82, 2.24) is 0 Å². The van der Waals surface area contributed by atoms with Crippen LogP contribution in [0.15, 0.2) is 0 Å². The van der Waals surface area contributed by atoms with Gasteiger partial charge in [0.1, 0.15) is 0 Å². The quantitative estimate of drug-likeness (QED) is 0.399. The SMILES string of the molecule is [Cl-].[Na+].[O]=[Ir]. The van der Waals surface area contributed by atoms with E-state index in [0.717, 1.165) is 18.9 Å². The molecule has 0 atom stereocenters. The van der Waals surface area contributed by atoms with E-state index in [0.29, 0.717) is 0 Å². The van der Waals surface area contributed by atoms with Crippen LogP contribution in [-0.4, -0.2) is 0 Å². The fraction of sp³-hybridized carbons (Fsp3) is 0. The molecule has 0 unspecified atom stereocenters. The average molecular weight is 267 g/mol. The molecule has 0 saturated heterocycles. The minimum absolute atomic E-state index is 0. The first kappa shape index (κ1) is 17.2. The average Bonchev–Trinajstić information content (AvgIpc) is 1.00. The van der Waals surface area contributed by atoms with Crippen molar-refractivity contribution >= 4 is 0 Å². The molecule has 0 bridgehead atoms. The normalized spacial score (nSPS) is 1.25. The molecule has 0 radical (unpaired) electrons. The van der Waals surface area contributed by atoms with Crippen LogP contribution < -0.4 is 42.0 Å². The standard InChI is InChI=1S/ClH.Ir.Na.O/h1H;;;/q;;+1;/p-1. The van der Waals surface area contributed by atoms with Crippen molar-refractivity contribution in [3.05, 3.63) is 0 Å². The van der Waals surface area contributed by atoms with E-state index < -0.39 is 0 Å². The van der Waals surface area contributed by atoms with E-state index in [1.165, 1.54) is 0 Å². The van der Waals surface area contributed by atoms with E-state index in [-0.39, 0.29) is 42.0 Å². The molecule has 1 nitrogen and oxygen atoms in total. The molecular weight excluding hydrogens is 267 g/mol. The van der Waals surface area contributed by atoms with Gasteiger partial charge >= 0.3 is 51.9 Å². The van der Waals surface area contributed by atoms with E-state index in [2.05, 4.69) is 0 Å². The van der Waals surface area contributed by atoms with Crippen LogP contribution in [0.5, 0.6) is 0 Å². The predicted molar refractivity (Wildman–Crippen MR) is 0.686 cm³/mol. The third kappa shape index (κ3) is 9.28. The minimum atomic E-state index is 0. The summed E-state index contributed by atoms with van der Waals surface area (Å²) in [5.74, 6) is 0. The molecule has 0 aliphatic rings. The van der Waals surface area contributed by atoms with Crippen molar-refractivity contribution in [3.63, 3.8) is 0 Å². The van der Waals surface area contributed by atoms with Crippen molar-refractivity contribution in [2.45, 2.75) is 0 Å². The molecule has 0 aliphatic heterocycles. The Morgan fingerprint density at radius 3 is 1.25 bits per heavy atom. The van der Waals surface area contributed by atoms with Gasteiger partial charge in [0.05, 0.1) is 0 Å². The van der Waals surface area contributed by atoms with Crippen molar-refractivity contribution < 1.29 is 64.3 Å². The van der Waals surface area contributed by atoms with Crippen LogP contribution in [0.2, 0.25) is 0 Å². The fourth-order valence-electron chi connectivity index (χ4n) is 0. The second-order valence-electron chi connectivity index (χ2n) is 0. The third-order valence-corrected chi connectivity index (χ3v) is 0. The molecule has 0 aromatic heterocycles. The van der Waals surface area contributed by atoms with Crippen LogP contribution in [0.1, 0.15) is 0 Å². The molecule has 0 heterocycles. The Labute approximate surface area is 63.7 Å². The van der Waals surface area contributed by atoms with Gasteiger partial charge < -0.3 is 12.4 Å². The Morgan fingerprint density at radius 1 is 1.25 bits per heavy atom. The molecule has 0 saturated carbocycles. The number of halogens is 1. The zero-order valence-electron chi connectivity index (χ0n) is 2.12. The second-order valence-corrected chi connectivity index (χ2v) is 0. The summed E-state index contributed by atoms with van der Waals surface area (Å²) in [6.07, 6.45) is 0. The first-order valence-electron chi connectivity index (χ1n) is 0.136. The van der Waals surface area contributed by atoms with Crippen LogP contribution in [0.4, 0.5) is 0 Å². The maximum absolute atomic E-state index is 8.25. The maximum atomic E-state index is 8.25. The zero-order valence-corrected chi connectivity index (χ0v) is 7.27. The van der Waals surface area contributed by atoms with E-state index in [1.54, 1.807) is 0 Å². The van der Waals surface area contributed by atoms with Crippen LogP contribution >= 0.6 is 0 Å². The Hall–Kier alpha value is 1.74. The summed E-state index contributed by atoms with van der Waals surface area (Å²) < 4.78 is 8.25. The molecule has 23 valence electrons. The molecule has 0 spiro atoms. The van der Waals surface area contributed by atoms with Gasteiger partial charge in [0.15, 0.2) is 0 Å². The zero-order chi connectivity index (χ0) is 2.00. The summed E-state index contributed by atoms with van der Waals surface area (Å²) in [5.41, 5.74) is 0. The van der Waals surface area contributed by atoms with Crippen molar-refractivity contribution in [2.24, 2.45) is 0 Å². The van der Waals surface area contributed by atoms with E-state index in [4.69, 9.17) is 3.50 Å². The molecule has 4 heavy (non-hydrogen) atoms. The van der Waals surface area contributed by atoms with Crippen LogP contribution in [0.3, 0.4) is 0 Å². The molecule has 0 amide bonds. The Balaban J connectivity index is -0.00000000500. The Morgan fingerprint density at radius 2 is 1.25 bits per heavy atom. The second kappa shape index (κ2) is 21.9. The van der Waals surface area contributed by atoms with Gasteiger partial charge in [-0.15, -0.1) is 0 Å². The molecule has 0 N–H and O–H groups in total. The van der Waals surface area contributed by atoms with Gasteiger partial charge in [-0.2, -0.15) is 0 Å². The van der Waals surface area contributed by atoms with Gasteiger partial charge in [-0.3, -0.25) is 0 Å². The van der Waals surface area contributed by atoms with Gasteiger partial charge in [0.2, 0.25) is 0 Å². The van der Waals surface area contributed by atoms with Crippen LogP contribution in [-0.2, 0) is 22.4 Å². The van der Waals surface area contributed by atoms with Gasteiger partial charge in [-0.05, 0) is 0 Å². The van der Waals surface area contributed by atoms with Gasteiger partial charge in [0.25, 0.3) is 0 Å². The Kier molecular flexibility index (Phi) is 94.1. The fourth-order valence-corrected chi connectivity index (χ4v) is 0. The van der Waals surface area contributed by atoms with Gasteiger partial charge in [-0.25, -0.2) is 0 Å². The van der Waals surface area contributed by atoms with Crippen molar-refractivity contribution in [3.8, 4) is 0 Å². The van der Waals surface area contributed by atoms with E-state index >= 15 is 0 Å². The first-order chi connectivity index (χ1) is 1.00. The number of hydrogen-bond donors (Lipinski definition) is 0. The molecule has 0 fully saturated rings. The molecule has 0 rings (SSSR count). The van der Waals surface area contributed by atoms with Crippen LogP contribution in [0.25, 0.3) is 0 Å². The number of rotatable bonds is 0. The monoisotopic (exact) mass is 267 g/mol. The molecule has 0 aliphatic carbocycles. The van der Waals surface area contributed by atoms with Crippen molar-refractivity contribution in [1.29, 1.82) is 0 Å². The number of hydrogen-bond acceptors (Lipinski definition) is 1.